The molecular formula is C26H33N7O4. The van der Waals surface area contributed by atoms with E-state index < -0.39 is 5.54 Å². The van der Waals surface area contributed by atoms with Gasteiger partial charge in [-0.3, -0.25) is 20.2 Å². The Kier molecular flexibility index (Phi) is 6.90. The lowest BCUT2D eigenvalue weighted by atomic mass is 9.85. The minimum atomic E-state index is -0.810. The quantitative estimate of drug-likeness (QED) is 0.306. The van der Waals surface area contributed by atoms with Crippen LogP contribution in [0.3, 0.4) is 0 Å². The number of hydrazine groups is 1. The molecule has 2 aromatic rings. The maximum absolute atomic E-state index is 13.9. The Bertz CT molecular complexity index is 1160. The maximum atomic E-state index is 13.9. The van der Waals surface area contributed by atoms with Crippen LogP contribution < -0.4 is 21.9 Å². The Labute approximate surface area is 215 Å². The van der Waals surface area contributed by atoms with Crippen molar-refractivity contribution < 1.29 is 19.1 Å². The molecule has 196 valence electrons. The molecule has 0 aromatic heterocycles. The van der Waals surface area contributed by atoms with Crippen molar-refractivity contribution in [3.63, 3.8) is 0 Å². The van der Waals surface area contributed by atoms with Gasteiger partial charge in [0, 0.05) is 37.4 Å². The van der Waals surface area contributed by atoms with E-state index in [1.165, 1.54) is 0 Å². The second-order valence-corrected chi connectivity index (χ2v) is 9.67. The number of nitrogens with one attached hydrogen (secondary N) is 1. The fourth-order valence-corrected chi connectivity index (χ4v) is 5.49. The molecule has 0 atom stereocenters. The topological polar surface area (TPSA) is 137 Å². The third-order valence-electron chi connectivity index (χ3n) is 7.60. The van der Waals surface area contributed by atoms with Crippen LogP contribution in [0.2, 0.25) is 0 Å². The summed E-state index contributed by atoms with van der Waals surface area (Å²) in [6.07, 6.45) is 0.930. The van der Waals surface area contributed by atoms with Crippen molar-refractivity contribution in [2.75, 3.05) is 68.7 Å². The molecule has 5 N–H and O–H groups in total. The van der Waals surface area contributed by atoms with E-state index in [4.69, 9.17) is 16.3 Å². The summed E-state index contributed by atoms with van der Waals surface area (Å²) in [5.41, 5.74) is 10.0. The molecule has 0 saturated carbocycles. The highest BCUT2D eigenvalue weighted by Crippen LogP contribution is 2.39. The van der Waals surface area contributed by atoms with Crippen molar-refractivity contribution in [3.8, 4) is 0 Å². The van der Waals surface area contributed by atoms with Crippen LogP contribution in [0, 0.1) is 0 Å². The van der Waals surface area contributed by atoms with Gasteiger partial charge in [0.2, 0.25) is 5.91 Å². The molecule has 3 aliphatic rings. The number of para-hydroxylation sites is 1. The predicted octanol–water partition coefficient (Wildman–Crippen LogP) is 0.694. The molecule has 5 rings (SSSR count). The van der Waals surface area contributed by atoms with E-state index in [0.717, 1.165) is 5.69 Å². The summed E-state index contributed by atoms with van der Waals surface area (Å²) in [6, 6.07) is 14.8. The summed E-state index contributed by atoms with van der Waals surface area (Å²) in [7, 11) is 0. The predicted molar refractivity (Wildman–Crippen MR) is 139 cm³/mol. The SMILES string of the molecule is NNc1ccc(C(=O)N2CCC3(CC2)C(=O)N(CC(=O)N2CCOCC2)CN3c2ccccc2)cc1N. The van der Waals surface area contributed by atoms with Gasteiger partial charge in [-0.2, -0.15) is 0 Å². The second kappa shape index (κ2) is 10.3. The lowest BCUT2D eigenvalue weighted by Gasteiger charge is -2.43. The largest absolute Gasteiger partial charge is 0.397 e. The molecule has 3 fully saturated rings. The molecule has 0 radical (unpaired) electrons. The van der Waals surface area contributed by atoms with Crippen LogP contribution in [0.25, 0.3) is 0 Å². The summed E-state index contributed by atoms with van der Waals surface area (Å²) in [4.78, 5) is 47.4. The molecule has 1 spiro atoms. The number of amides is 3. The summed E-state index contributed by atoms with van der Waals surface area (Å²) < 4.78 is 5.35. The van der Waals surface area contributed by atoms with Crippen LogP contribution in [0.4, 0.5) is 17.1 Å². The zero-order valence-electron chi connectivity index (χ0n) is 20.8. The average molecular weight is 508 g/mol. The molecule has 0 aliphatic carbocycles. The Hall–Kier alpha value is -3.83. The highest BCUT2D eigenvalue weighted by Gasteiger charge is 2.54. The summed E-state index contributed by atoms with van der Waals surface area (Å²) >= 11 is 0. The van der Waals surface area contributed by atoms with Crippen molar-refractivity contribution in [1.29, 1.82) is 0 Å². The van der Waals surface area contributed by atoms with E-state index in [1.54, 1.807) is 32.9 Å². The molecule has 3 saturated heterocycles. The van der Waals surface area contributed by atoms with Gasteiger partial charge >= 0.3 is 0 Å². The Morgan fingerprint density at radius 2 is 1.68 bits per heavy atom. The van der Waals surface area contributed by atoms with Crippen LogP contribution in [0.15, 0.2) is 48.5 Å². The molecule has 11 heteroatoms. The molecular weight excluding hydrogens is 474 g/mol. The number of nitrogen functional groups attached to an aromatic ring is 2. The number of piperidine rings is 1. The number of morpholine rings is 1. The number of benzene rings is 2. The van der Waals surface area contributed by atoms with Gasteiger partial charge in [-0.25, -0.2) is 0 Å². The number of carbonyl (C=O) groups excluding carboxylic acids is 3. The number of nitrogens with zero attached hydrogens (tertiary/aromatic N) is 4. The van der Waals surface area contributed by atoms with Crippen molar-refractivity contribution in [1.82, 2.24) is 14.7 Å². The Morgan fingerprint density at radius 1 is 0.973 bits per heavy atom. The number of hydrogen-bond donors (Lipinski definition) is 3. The van der Waals surface area contributed by atoms with Gasteiger partial charge in [0.25, 0.3) is 11.8 Å². The zero-order chi connectivity index (χ0) is 26.0. The molecule has 3 amide bonds. The summed E-state index contributed by atoms with van der Waals surface area (Å²) in [5, 5.41) is 0. The van der Waals surface area contributed by atoms with Crippen LogP contribution in [-0.2, 0) is 14.3 Å². The highest BCUT2D eigenvalue weighted by atomic mass is 16.5. The van der Waals surface area contributed by atoms with E-state index in [9.17, 15) is 14.4 Å². The van der Waals surface area contributed by atoms with Crippen LogP contribution in [0.1, 0.15) is 23.2 Å². The summed E-state index contributed by atoms with van der Waals surface area (Å²) in [5.74, 6) is 5.18. The molecule has 0 unspecified atom stereocenters. The molecule has 37 heavy (non-hydrogen) atoms. The lowest BCUT2D eigenvalue weighted by molar-refractivity contribution is -0.143. The van der Waals surface area contributed by atoms with Gasteiger partial charge in [-0.1, -0.05) is 18.2 Å². The minimum Gasteiger partial charge on any atom is -0.397 e. The number of anilines is 3. The number of nitrogens with two attached hydrogens (primary N) is 2. The van der Waals surface area contributed by atoms with Crippen LogP contribution in [0.5, 0.6) is 0 Å². The first-order chi connectivity index (χ1) is 17.9. The molecule has 0 bridgehead atoms. The standard InChI is InChI=1S/C26H33N7O4/c27-21-16-19(6-7-22(21)29-28)24(35)31-10-8-26(9-11-31)25(36)32(17-23(34)30-12-14-37-15-13-30)18-33(26)20-4-2-1-3-5-20/h1-7,16,29H,8-15,17-18,27-28H2. The van der Waals surface area contributed by atoms with Gasteiger partial charge in [0.15, 0.2) is 0 Å². The first-order valence-corrected chi connectivity index (χ1v) is 12.6. The lowest BCUT2D eigenvalue weighted by Crippen LogP contribution is -2.57. The fraction of sp³-hybridized carbons (Fsp3) is 0.423. The van der Waals surface area contributed by atoms with E-state index in [1.807, 2.05) is 30.3 Å². The number of hydrogen-bond acceptors (Lipinski definition) is 8. The third-order valence-corrected chi connectivity index (χ3v) is 7.60. The number of carbonyl (C=O) groups is 3. The third kappa shape index (κ3) is 4.67. The van der Waals surface area contributed by atoms with Crippen molar-refractivity contribution >= 4 is 34.8 Å². The van der Waals surface area contributed by atoms with Gasteiger partial charge in [-0.05, 0) is 43.2 Å². The smallest absolute Gasteiger partial charge is 0.253 e. The van der Waals surface area contributed by atoms with Crippen molar-refractivity contribution in [3.05, 3.63) is 54.1 Å². The first kappa shape index (κ1) is 24.8. The molecule has 2 aromatic carbocycles. The van der Waals surface area contributed by atoms with Gasteiger partial charge in [0.05, 0.1) is 31.3 Å². The number of rotatable bonds is 5. The van der Waals surface area contributed by atoms with Gasteiger partial charge in [-0.15, -0.1) is 0 Å². The van der Waals surface area contributed by atoms with Gasteiger partial charge in [0.1, 0.15) is 12.1 Å². The normalized spacial score (nSPS) is 19.4. The van der Waals surface area contributed by atoms with Crippen molar-refractivity contribution in [2.45, 2.75) is 18.4 Å². The minimum absolute atomic E-state index is 0.0351. The Morgan fingerprint density at radius 3 is 2.32 bits per heavy atom. The van der Waals surface area contributed by atoms with E-state index in [2.05, 4.69) is 10.3 Å². The first-order valence-electron chi connectivity index (χ1n) is 12.6. The van der Waals surface area contributed by atoms with Crippen LogP contribution in [-0.4, -0.2) is 90.6 Å². The van der Waals surface area contributed by atoms with Crippen molar-refractivity contribution in [2.24, 2.45) is 5.84 Å². The zero-order valence-corrected chi connectivity index (χ0v) is 20.8. The van der Waals surface area contributed by atoms with E-state index in [-0.39, 0.29) is 24.3 Å². The second-order valence-electron chi connectivity index (χ2n) is 9.67. The number of ether oxygens (including phenoxy) is 1. The fourth-order valence-electron chi connectivity index (χ4n) is 5.49. The Balaban J connectivity index is 1.34. The number of likely N-dealkylation sites (tertiary alicyclic amines) is 1. The monoisotopic (exact) mass is 507 g/mol. The highest BCUT2D eigenvalue weighted by molar-refractivity contribution is 5.98. The van der Waals surface area contributed by atoms with E-state index >= 15 is 0 Å². The maximum Gasteiger partial charge on any atom is 0.253 e. The van der Waals surface area contributed by atoms with Crippen LogP contribution >= 0.6 is 0 Å². The molecule has 11 nitrogen and oxygen atoms in total. The average Bonchev–Trinajstić information content (AvgIpc) is 3.20. The van der Waals surface area contributed by atoms with Gasteiger partial charge < -0.3 is 35.5 Å². The molecule has 3 heterocycles. The van der Waals surface area contributed by atoms with E-state index in [0.29, 0.717) is 75.8 Å². The summed E-state index contributed by atoms with van der Waals surface area (Å²) in [6.45, 7) is 3.30. The molecule has 3 aliphatic heterocycles.